The molecular formula is C25H37N3O. The molecule has 2 atom stereocenters. The molecule has 4 rings (SSSR count). The average Bonchev–Trinajstić information content (AvgIpc) is 3.31. The third-order valence-corrected chi connectivity index (χ3v) is 8.44. The SMILES string of the molecule is CCCC(C)(C)C1=NN(C(=O)NC2(C)[C@H]3CC[C@]2(C)CC3)CC1c1ccccc1. The van der Waals surface area contributed by atoms with Gasteiger partial charge in [0.2, 0.25) is 0 Å². The summed E-state index contributed by atoms with van der Waals surface area (Å²) in [7, 11) is 0. The number of fused-ring (bicyclic) bond motifs is 2. The molecule has 1 N–H and O–H groups in total. The lowest BCUT2D eigenvalue weighted by molar-refractivity contribution is 0.148. The zero-order chi connectivity index (χ0) is 20.9. The molecule has 4 heteroatoms. The minimum Gasteiger partial charge on any atom is -0.331 e. The van der Waals surface area contributed by atoms with Crippen LogP contribution in [0.4, 0.5) is 4.79 Å². The van der Waals surface area contributed by atoms with Gasteiger partial charge in [-0.25, -0.2) is 9.80 Å². The molecule has 1 heterocycles. The summed E-state index contributed by atoms with van der Waals surface area (Å²) in [6.45, 7) is 12.0. The monoisotopic (exact) mass is 395 g/mol. The summed E-state index contributed by atoms with van der Waals surface area (Å²) in [5, 5.41) is 10.1. The fourth-order valence-electron chi connectivity index (χ4n) is 6.32. The molecule has 1 aliphatic heterocycles. The molecule has 2 aliphatic carbocycles. The zero-order valence-electron chi connectivity index (χ0n) is 18.8. The van der Waals surface area contributed by atoms with Gasteiger partial charge in [-0.1, -0.05) is 64.4 Å². The number of hydrogen-bond acceptors (Lipinski definition) is 2. The molecule has 0 saturated heterocycles. The highest BCUT2D eigenvalue weighted by Crippen LogP contribution is 2.60. The number of hydrogen-bond donors (Lipinski definition) is 1. The van der Waals surface area contributed by atoms with E-state index in [0.29, 0.717) is 12.5 Å². The third kappa shape index (κ3) is 3.29. The topological polar surface area (TPSA) is 44.7 Å². The Balaban J connectivity index is 1.59. The van der Waals surface area contributed by atoms with Crippen molar-refractivity contribution in [2.24, 2.45) is 21.8 Å². The second-order valence-electron chi connectivity index (χ2n) is 10.6. The van der Waals surface area contributed by atoms with Gasteiger partial charge >= 0.3 is 6.03 Å². The molecule has 2 unspecified atom stereocenters. The molecule has 4 nitrogen and oxygen atoms in total. The Bertz CT molecular complexity index is 792. The van der Waals surface area contributed by atoms with Crippen LogP contribution >= 0.6 is 0 Å². The van der Waals surface area contributed by atoms with Crippen LogP contribution in [0, 0.1) is 16.7 Å². The van der Waals surface area contributed by atoms with Crippen molar-refractivity contribution in [3.8, 4) is 0 Å². The Morgan fingerprint density at radius 2 is 1.86 bits per heavy atom. The van der Waals surface area contributed by atoms with Crippen LogP contribution in [0.2, 0.25) is 0 Å². The average molecular weight is 396 g/mol. The maximum atomic E-state index is 13.4. The fraction of sp³-hybridized carbons (Fsp3) is 0.680. The standard InChI is InChI=1S/C25H37N3O/c1-6-14-23(2,3)21-20(18-10-8-7-9-11-18)17-28(27-21)22(29)26-25(5)19-12-15-24(25,4)16-13-19/h7-11,19-20H,6,12-17H2,1-5H3,(H,26,29)/t19-,20?,24+,25?. The van der Waals surface area contributed by atoms with Crippen LogP contribution in [0.1, 0.15) is 84.6 Å². The van der Waals surface area contributed by atoms with E-state index in [1.165, 1.54) is 31.2 Å². The van der Waals surface area contributed by atoms with E-state index >= 15 is 0 Å². The summed E-state index contributed by atoms with van der Waals surface area (Å²) >= 11 is 0. The van der Waals surface area contributed by atoms with Crippen LogP contribution in [0.15, 0.2) is 35.4 Å². The zero-order valence-corrected chi connectivity index (χ0v) is 18.8. The summed E-state index contributed by atoms with van der Waals surface area (Å²) in [6, 6.07) is 10.5. The van der Waals surface area contributed by atoms with Crippen molar-refractivity contribution in [1.82, 2.24) is 10.3 Å². The van der Waals surface area contributed by atoms with E-state index in [1.807, 2.05) is 6.07 Å². The van der Waals surface area contributed by atoms with Gasteiger partial charge in [-0.3, -0.25) is 0 Å². The molecule has 0 aromatic heterocycles. The van der Waals surface area contributed by atoms with Crippen LogP contribution in [-0.4, -0.2) is 28.8 Å². The van der Waals surface area contributed by atoms with Crippen molar-refractivity contribution in [1.29, 1.82) is 0 Å². The van der Waals surface area contributed by atoms with Crippen molar-refractivity contribution in [2.75, 3.05) is 6.54 Å². The lowest BCUT2D eigenvalue weighted by atomic mass is 9.75. The second kappa shape index (κ2) is 7.14. The second-order valence-corrected chi connectivity index (χ2v) is 10.6. The lowest BCUT2D eigenvalue weighted by Crippen LogP contribution is -2.56. The van der Waals surface area contributed by atoms with E-state index in [0.717, 1.165) is 18.6 Å². The summed E-state index contributed by atoms with van der Waals surface area (Å²) in [5.74, 6) is 0.774. The number of carbonyl (C=O) groups excluding carboxylic acids is 1. The number of hydrazone groups is 1. The Morgan fingerprint density at radius 3 is 2.41 bits per heavy atom. The molecule has 29 heavy (non-hydrogen) atoms. The number of urea groups is 1. The predicted octanol–water partition coefficient (Wildman–Crippen LogP) is 5.95. The highest BCUT2D eigenvalue weighted by molar-refractivity contribution is 5.98. The van der Waals surface area contributed by atoms with Crippen LogP contribution in [0.5, 0.6) is 0 Å². The van der Waals surface area contributed by atoms with Crippen molar-refractivity contribution >= 4 is 11.7 Å². The van der Waals surface area contributed by atoms with Crippen molar-refractivity contribution in [3.05, 3.63) is 35.9 Å². The van der Waals surface area contributed by atoms with E-state index in [2.05, 4.69) is 64.2 Å². The van der Waals surface area contributed by atoms with Gasteiger partial charge in [-0.05, 0) is 55.9 Å². The number of carbonyl (C=O) groups is 1. The predicted molar refractivity (Wildman–Crippen MR) is 119 cm³/mol. The smallest absolute Gasteiger partial charge is 0.331 e. The minimum atomic E-state index is -0.108. The molecular weight excluding hydrogens is 358 g/mol. The molecule has 2 bridgehead atoms. The van der Waals surface area contributed by atoms with Gasteiger partial charge in [-0.15, -0.1) is 0 Å². The maximum absolute atomic E-state index is 13.4. The molecule has 1 aromatic carbocycles. The van der Waals surface area contributed by atoms with Crippen molar-refractivity contribution < 1.29 is 4.79 Å². The van der Waals surface area contributed by atoms with Crippen molar-refractivity contribution in [3.63, 3.8) is 0 Å². The van der Waals surface area contributed by atoms with Gasteiger partial charge in [-0.2, -0.15) is 5.10 Å². The summed E-state index contributed by atoms with van der Waals surface area (Å²) in [6.07, 6.45) is 7.09. The molecule has 3 aliphatic rings. The van der Waals surface area contributed by atoms with Gasteiger partial charge in [0.25, 0.3) is 0 Å². The normalized spacial score (nSPS) is 33.8. The summed E-state index contributed by atoms with van der Waals surface area (Å²) < 4.78 is 0. The Kier molecular flexibility index (Phi) is 5.03. The minimum absolute atomic E-state index is 0.0178. The quantitative estimate of drug-likeness (QED) is 0.658. The van der Waals surface area contributed by atoms with Crippen molar-refractivity contribution in [2.45, 2.75) is 84.6 Å². The van der Waals surface area contributed by atoms with Crippen LogP contribution in [-0.2, 0) is 0 Å². The molecule has 0 radical (unpaired) electrons. The van der Waals surface area contributed by atoms with Crippen LogP contribution in [0.3, 0.4) is 0 Å². The largest absolute Gasteiger partial charge is 0.338 e. The van der Waals surface area contributed by atoms with Crippen LogP contribution < -0.4 is 5.32 Å². The first-order valence-electron chi connectivity index (χ1n) is 11.4. The number of nitrogens with zero attached hydrogens (tertiary/aromatic N) is 2. The first kappa shape index (κ1) is 20.4. The van der Waals surface area contributed by atoms with Gasteiger partial charge in [0.1, 0.15) is 0 Å². The molecule has 2 fully saturated rings. The number of benzene rings is 1. The van der Waals surface area contributed by atoms with Gasteiger partial charge in [0.15, 0.2) is 0 Å². The van der Waals surface area contributed by atoms with E-state index < -0.39 is 0 Å². The Labute approximate surface area is 176 Å². The maximum Gasteiger partial charge on any atom is 0.338 e. The summed E-state index contributed by atoms with van der Waals surface area (Å²) in [5.41, 5.74) is 2.49. The number of nitrogens with one attached hydrogen (secondary N) is 1. The summed E-state index contributed by atoms with van der Waals surface area (Å²) in [4.78, 5) is 13.4. The highest BCUT2D eigenvalue weighted by Gasteiger charge is 2.60. The van der Waals surface area contributed by atoms with E-state index in [1.54, 1.807) is 5.01 Å². The molecule has 2 saturated carbocycles. The Morgan fingerprint density at radius 1 is 1.21 bits per heavy atom. The lowest BCUT2D eigenvalue weighted by Gasteiger charge is -2.39. The Hall–Kier alpha value is -1.84. The third-order valence-electron chi connectivity index (χ3n) is 8.44. The number of amides is 2. The van der Waals surface area contributed by atoms with Gasteiger partial charge in [0, 0.05) is 16.9 Å². The molecule has 1 aromatic rings. The highest BCUT2D eigenvalue weighted by atomic mass is 16.2. The van der Waals surface area contributed by atoms with Gasteiger partial charge in [0.05, 0.1) is 12.3 Å². The molecule has 0 spiro atoms. The van der Waals surface area contributed by atoms with E-state index in [-0.39, 0.29) is 28.3 Å². The van der Waals surface area contributed by atoms with Gasteiger partial charge < -0.3 is 5.32 Å². The first-order chi connectivity index (χ1) is 13.7. The molecule has 2 amide bonds. The first-order valence-corrected chi connectivity index (χ1v) is 11.4. The molecule has 158 valence electrons. The van der Waals surface area contributed by atoms with Crippen LogP contribution in [0.25, 0.3) is 0 Å². The van der Waals surface area contributed by atoms with E-state index in [4.69, 9.17) is 5.10 Å². The fourth-order valence-corrected chi connectivity index (χ4v) is 6.32. The number of rotatable bonds is 5. The van der Waals surface area contributed by atoms with E-state index in [9.17, 15) is 4.79 Å².